The molecule has 0 bridgehead atoms. The highest BCUT2D eigenvalue weighted by molar-refractivity contribution is 9.09. The quantitative estimate of drug-likeness (QED) is 0.531. The summed E-state index contributed by atoms with van der Waals surface area (Å²) in [5.41, 5.74) is 0.789. The van der Waals surface area contributed by atoms with Crippen LogP contribution < -0.4 is 0 Å². The minimum Gasteiger partial charge on any atom is -0.225 e. The topological polar surface area (TPSA) is 12.9 Å². The maximum Gasteiger partial charge on any atom is 0.213 e. The highest BCUT2D eigenvalue weighted by Crippen LogP contribution is 1.99. The van der Waals surface area contributed by atoms with E-state index in [4.69, 9.17) is 0 Å². The standard InChI is InChI=1S/C7H7BrFN/c8-5-4-6-2-1-3-7(9)10-6/h1-3H,4-5H2. The van der Waals surface area contributed by atoms with E-state index in [0.717, 1.165) is 17.4 Å². The molecule has 10 heavy (non-hydrogen) atoms. The number of aryl methyl sites for hydroxylation is 1. The molecule has 0 spiro atoms. The Morgan fingerprint density at radius 1 is 1.50 bits per heavy atom. The molecule has 0 aliphatic carbocycles. The van der Waals surface area contributed by atoms with Gasteiger partial charge in [0.2, 0.25) is 5.95 Å². The summed E-state index contributed by atoms with van der Waals surface area (Å²) in [5.74, 6) is -0.404. The van der Waals surface area contributed by atoms with Gasteiger partial charge in [0, 0.05) is 11.0 Å². The van der Waals surface area contributed by atoms with Gasteiger partial charge in [0.05, 0.1) is 0 Å². The Morgan fingerprint density at radius 3 is 2.90 bits per heavy atom. The molecule has 1 rings (SSSR count). The molecule has 0 atom stereocenters. The highest BCUT2D eigenvalue weighted by Gasteiger charge is 1.93. The normalized spacial score (nSPS) is 9.80. The van der Waals surface area contributed by atoms with E-state index >= 15 is 0 Å². The van der Waals surface area contributed by atoms with Crippen LogP contribution in [0.4, 0.5) is 4.39 Å². The number of alkyl halides is 1. The number of aromatic nitrogens is 1. The molecular weight excluding hydrogens is 197 g/mol. The summed E-state index contributed by atoms with van der Waals surface area (Å²) < 4.78 is 12.4. The molecule has 54 valence electrons. The SMILES string of the molecule is Fc1cccc(CCBr)n1. The summed E-state index contributed by atoms with van der Waals surface area (Å²) in [6.07, 6.45) is 0.776. The summed E-state index contributed by atoms with van der Waals surface area (Å²) in [6, 6.07) is 4.82. The average molecular weight is 204 g/mol. The third kappa shape index (κ3) is 2.06. The Bertz CT molecular complexity index is 215. The summed E-state index contributed by atoms with van der Waals surface area (Å²) in [6.45, 7) is 0. The largest absolute Gasteiger partial charge is 0.225 e. The van der Waals surface area contributed by atoms with E-state index in [-0.39, 0.29) is 0 Å². The van der Waals surface area contributed by atoms with Gasteiger partial charge >= 0.3 is 0 Å². The third-order valence-corrected chi connectivity index (χ3v) is 1.52. The molecule has 0 saturated carbocycles. The number of nitrogens with zero attached hydrogens (tertiary/aromatic N) is 1. The van der Waals surface area contributed by atoms with E-state index in [1.54, 1.807) is 6.07 Å². The fraction of sp³-hybridized carbons (Fsp3) is 0.286. The second kappa shape index (κ2) is 3.66. The van der Waals surface area contributed by atoms with Crippen LogP contribution in [0.3, 0.4) is 0 Å². The van der Waals surface area contributed by atoms with Crippen molar-refractivity contribution in [1.82, 2.24) is 4.98 Å². The van der Waals surface area contributed by atoms with Crippen molar-refractivity contribution >= 4 is 15.9 Å². The Labute approximate surface area is 67.4 Å². The molecule has 0 aliphatic rings. The number of pyridine rings is 1. The molecule has 0 radical (unpaired) electrons. The molecule has 0 N–H and O–H groups in total. The van der Waals surface area contributed by atoms with Gasteiger partial charge < -0.3 is 0 Å². The van der Waals surface area contributed by atoms with Crippen LogP contribution in [0.5, 0.6) is 0 Å². The number of halogens is 2. The van der Waals surface area contributed by atoms with Gasteiger partial charge in [-0.25, -0.2) is 4.98 Å². The fourth-order valence-corrected chi connectivity index (χ4v) is 1.09. The molecule has 1 heterocycles. The van der Waals surface area contributed by atoms with Gasteiger partial charge in [-0.15, -0.1) is 0 Å². The van der Waals surface area contributed by atoms with Gasteiger partial charge in [-0.05, 0) is 18.6 Å². The van der Waals surface area contributed by atoms with Crippen molar-refractivity contribution in [1.29, 1.82) is 0 Å². The lowest BCUT2D eigenvalue weighted by Gasteiger charge is -1.94. The first-order valence-corrected chi connectivity index (χ1v) is 4.12. The molecule has 1 aromatic rings. The summed E-state index contributed by atoms with van der Waals surface area (Å²) in [5, 5.41) is 0.823. The lowest BCUT2D eigenvalue weighted by Crippen LogP contribution is -1.92. The summed E-state index contributed by atoms with van der Waals surface area (Å²) >= 11 is 3.25. The van der Waals surface area contributed by atoms with Crippen LogP contribution in [-0.2, 0) is 6.42 Å². The van der Waals surface area contributed by atoms with E-state index in [1.165, 1.54) is 6.07 Å². The zero-order valence-corrected chi connectivity index (χ0v) is 6.94. The molecule has 1 nitrogen and oxygen atoms in total. The lowest BCUT2D eigenvalue weighted by molar-refractivity contribution is 0.578. The molecule has 1 aromatic heterocycles. The van der Waals surface area contributed by atoms with Crippen LogP contribution in [0, 0.1) is 5.95 Å². The minimum atomic E-state index is -0.404. The first-order valence-electron chi connectivity index (χ1n) is 3.00. The molecule has 3 heteroatoms. The second-order valence-corrected chi connectivity index (χ2v) is 2.68. The number of hydrogen-bond acceptors (Lipinski definition) is 1. The molecule has 0 fully saturated rings. The van der Waals surface area contributed by atoms with Gasteiger partial charge in [-0.2, -0.15) is 4.39 Å². The van der Waals surface area contributed by atoms with Crippen molar-refractivity contribution in [2.24, 2.45) is 0 Å². The van der Waals surface area contributed by atoms with Crippen molar-refractivity contribution in [3.8, 4) is 0 Å². The molecule has 0 aromatic carbocycles. The maximum absolute atomic E-state index is 12.4. The first kappa shape index (κ1) is 7.66. The van der Waals surface area contributed by atoms with E-state index in [9.17, 15) is 4.39 Å². The fourth-order valence-electron chi connectivity index (χ4n) is 0.686. The van der Waals surface area contributed by atoms with E-state index in [2.05, 4.69) is 20.9 Å². The zero-order chi connectivity index (χ0) is 7.40. The number of rotatable bonds is 2. The van der Waals surface area contributed by atoms with E-state index in [0.29, 0.717) is 0 Å². The van der Waals surface area contributed by atoms with Crippen molar-refractivity contribution in [3.63, 3.8) is 0 Å². The van der Waals surface area contributed by atoms with Crippen molar-refractivity contribution in [3.05, 3.63) is 29.8 Å². The van der Waals surface area contributed by atoms with Gasteiger partial charge in [0.25, 0.3) is 0 Å². The van der Waals surface area contributed by atoms with Crippen LogP contribution in [0.25, 0.3) is 0 Å². The summed E-state index contributed by atoms with van der Waals surface area (Å²) in [7, 11) is 0. The van der Waals surface area contributed by atoms with Crippen LogP contribution in [0.2, 0.25) is 0 Å². The van der Waals surface area contributed by atoms with Crippen molar-refractivity contribution < 1.29 is 4.39 Å². The van der Waals surface area contributed by atoms with Gasteiger partial charge in [0.1, 0.15) is 0 Å². The Kier molecular flexibility index (Phi) is 2.81. The van der Waals surface area contributed by atoms with Gasteiger partial charge in [0.15, 0.2) is 0 Å². The van der Waals surface area contributed by atoms with Gasteiger partial charge in [-0.3, -0.25) is 0 Å². The second-order valence-electron chi connectivity index (χ2n) is 1.89. The van der Waals surface area contributed by atoms with E-state index < -0.39 is 5.95 Å². The molecule has 0 aliphatic heterocycles. The predicted octanol–water partition coefficient (Wildman–Crippen LogP) is 2.16. The Balaban J connectivity index is 2.75. The van der Waals surface area contributed by atoms with Gasteiger partial charge in [-0.1, -0.05) is 22.0 Å². The highest BCUT2D eigenvalue weighted by atomic mass is 79.9. The third-order valence-electron chi connectivity index (χ3n) is 1.12. The van der Waals surface area contributed by atoms with Crippen LogP contribution in [-0.4, -0.2) is 10.3 Å². The minimum absolute atomic E-state index is 0.404. The predicted molar refractivity (Wildman–Crippen MR) is 41.7 cm³/mol. The Morgan fingerprint density at radius 2 is 2.30 bits per heavy atom. The monoisotopic (exact) mass is 203 g/mol. The van der Waals surface area contributed by atoms with Crippen LogP contribution >= 0.6 is 15.9 Å². The van der Waals surface area contributed by atoms with Crippen molar-refractivity contribution in [2.75, 3.05) is 5.33 Å². The van der Waals surface area contributed by atoms with Crippen LogP contribution in [0.1, 0.15) is 5.69 Å². The molecular formula is C7H7BrFN. The average Bonchev–Trinajstić information content (AvgIpc) is 1.88. The smallest absolute Gasteiger partial charge is 0.213 e. The van der Waals surface area contributed by atoms with E-state index in [1.807, 2.05) is 6.07 Å². The Hall–Kier alpha value is -0.440. The van der Waals surface area contributed by atoms with Crippen LogP contribution in [0.15, 0.2) is 18.2 Å². The zero-order valence-electron chi connectivity index (χ0n) is 5.35. The molecule has 0 amide bonds. The number of hydrogen-bond donors (Lipinski definition) is 0. The molecule has 0 unspecified atom stereocenters. The molecule has 0 saturated heterocycles. The maximum atomic E-state index is 12.4. The van der Waals surface area contributed by atoms with Crippen molar-refractivity contribution in [2.45, 2.75) is 6.42 Å². The summed E-state index contributed by atoms with van der Waals surface area (Å²) in [4.78, 5) is 3.67. The lowest BCUT2D eigenvalue weighted by atomic mass is 10.3. The first-order chi connectivity index (χ1) is 4.83.